The Morgan fingerprint density at radius 3 is 2.35 bits per heavy atom. The molecule has 0 bridgehead atoms. The molecule has 0 radical (unpaired) electrons. The lowest BCUT2D eigenvalue weighted by Crippen LogP contribution is -2.31. The van der Waals surface area contributed by atoms with Gasteiger partial charge in [0.1, 0.15) is 10.7 Å². The van der Waals surface area contributed by atoms with Crippen molar-refractivity contribution < 1.29 is 26.0 Å². The summed E-state index contributed by atoms with van der Waals surface area (Å²) in [7, 11) is -3.33. The topological polar surface area (TPSA) is 37.4 Å². The molecule has 3 nitrogen and oxygen atoms in total. The van der Waals surface area contributed by atoms with Crippen LogP contribution in [-0.4, -0.2) is 32.5 Å². The zero-order valence-electron chi connectivity index (χ0n) is 10.4. The number of hydrogen-bond acceptors (Lipinski definition) is 2. The first-order valence-electron chi connectivity index (χ1n) is 5.45. The summed E-state index contributed by atoms with van der Waals surface area (Å²) in [4.78, 5) is -0.670. The Labute approximate surface area is 119 Å². The number of hydrogen-bond donors (Lipinski definition) is 0. The number of alkyl halides is 4. The summed E-state index contributed by atoms with van der Waals surface area (Å²) in [5, 5.41) is 0. The Balaban J connectivity index is 2.98. The molecule has 20 heavy (non-hydrogen) atoms. The Bertz CT molecular complexity index is 574. The highest BCUT2D eigenvalue weighted by molar-refractivity contribution is 7.89. The maximum atomic E-state index is 13.7. The van der Waals surface area contributed by atoms with Gasteiger partial charge in [-0.15, -0.1) is 11.6 Å². The summed E-state index contributed by atoms with van der Waals surface area (Å²) in [5.74, 6) is -1.04. The Kier molecular flexibility index (Phi) is 5.39. The predicted molar refractivity (Wildman–Crippen MR) is 66.4 cm³/mol. The van der Waals surface area contributed by atoms with Crippen molar-refractivity contribution in [3.63, 3.8) is 0 Å². The van der Waals surface area contributed by atoms with E-state index in [0.717, 1.165) is 19.2 Å². The summed E-state index contributed by atoms with van der Waals surface area (Å²) >= 11 is 5.48. The van der Waals surface area contributed by atoms with Crippen LogP contribution in [-0.2, 0) is 15.9 Å². The van der Waals surface area contributed by atoms with Gasteiger partial charge in [-0.25, -0.2) is 17.1 Å². The fourth-order valence-corrected chi connectivity index (χ4v) is 2.79. The molecular weight excluding hydrogens is 322 g/mol. The fraction of sp³-hybridized carbons (Fsp3) is 0.455. The molecule has 0 aromatic heterocycles. The molecule has 0 spiro atoms. The van der Waals surface area contributed by atoms with Crippen molar-refractivity contribution in [2.24, 2.45) is 0 Å². The zero-order chi connectivity index (χ0) is 15.6. The van der Waals surface area contributed by atoms with Crippen molar-refractivity contribution in [2.75, 3.05) is 13.6 Å². The van der Waals surface area contributed by atoms with Crippen LogP contribution in [0.5, 0.6) is 0 Å². The highest BCUT2D eigenvalue weighted by Crippen LogP contribution is 2.24. The van der Waals surface area contributed by atoms with E-state index in [9.17, 15) is 26.0 Å². The van der Waals surface area contributed by atoms with Crippen molar-refractivity contribution in [1.29, 1.82) is 0 Å². The van der Waals surface area contributed by atoms with E-state index in [2.05, 4.69) is 0 Å². The SMILES string of the molecule is CN(CCC(F)(F)F)S(=O)(=O)c1ccc(CCl)cc1F. The maximum absolute atomic E-state index is 13.7. The first-order valence-corrected chi connectivity index (χ1v) is 7.43. The van der Waals surface area contributed by atoms with Gasteiger partial charge < -0.3 is 0 Å². The average molecular weight is 334 g/mol. The van der Waals surface area contributed by atoms with Gasteiger partial charge >= 0.3 is 6.18 Å². The van der Waals surface area contributed by atoms with Crippen LogP contribution in [0.1, 0.15) is 12.0 Å². The molecule has 0 unspecified atom stereocenters. The molecule has 0 saturated carbocycles. The van der Waals surface area contributed by atoms with E-state index in [0.29, 0.717) is 9.87 Å². The number of sulfonamides is 1. The molecule has 0 atom stereocenters. The number of nitrogens with zero attached hydrogens (tertiary/aromatic N) is 1. The molecule has 1 aromatic rings. The molecule has 114 valence electrons. The first-order chi connectivity index (χ1) is 9.08. The van der Waals surface area contributed by atoms with E-state index in [1.54, 1.807) is 0 Å². The van der Waals surface area contributed by atoms with Crippen LogP contribution >= 0.6 is 11.6 Å². The molecule has 0 fully saturated rings. The minimum absolute atomic E-state index is 0.00115. The van der Waals surface area contributed by atoms with E-state index < -0.39 is 39.9 Å². The monoisotopic (exact) mass is 333 g/mol. The van der Waals surface area contributed by atoms with Crippen LogP contribution in [0, 0.1) is 5.82 Å². The summed E-state index contributed by atoms with van der Waals surface area (Å²) in [6.45, 7) is -0.775. The molecule has 0 amide bonds. The smallest absolute Gasteiger partial charge is 0.207 e. The summed E-state index contributed by atoms with van der Waals surface area (Å²) in [5.41, 5.74) is 0.376. The Morgan fingerprint density at radius 2 is 1.90 bits per heavy atom. The van der Waals surface area contributed by atoms with Gasteiger partial charge in [0.05, 0.1) is 6.42 Å². The molecule has 0 saturated heterocycles. The minimum Gasteiger partial charge on any atom is -0.207 e. The van der Waals surface area contributed by atoms with E-state index in [1.165, 1.54) is 6.07 Å². The zero-order valence-corrected chi connectivity index (χ0v) is 12.0. The van der Waals surface area contributed by atoms with Gasteiger partial charge in [0.25, 0.3) is 0 Å². The third kappa shape index (κ3) is 4.32. The van der Waals surface area contributed by atoms with Crippen molar-refractivity contribution >= 4 is 21.6 Å². The largest absolute Gasteiger partial charge is 0.390 e. The van der Waals surface area contributed by atoms with Crippen molar-refractivity contribution in [2.45, 2.75) is 23.4 Å². The second-order valence-electron chi connectivity index (χ2n) is 4.09. The van der Waals surface area contributed by atoms with Crippen LogP contribution < -0.4 is 0 Å². The second-order valence-corrected chi connectivity index (χ2v) is 6.37. The maximum Gasteiger partial charge on any atom is 0.390 e. The van der Waals surface area contributed by atoms with Crippen LogP contribution in [0.2, 0.25) is 0 Å². The molecular formula is C11H12ClF4NO2S. The van der Waals surface area contributed by atoms with Gasteiger partial charge in [-0.3, -0.25) is 0 Å². The van der Waals surface area contributed by atoms with E-state index >= 15 is 0 Å². The quantitative estimate of drug-likeness (QED) is 0.613. The van der Waals surface area contributed by atoms with Gasteiger partial charge in [-0.1, -0.05) is 6.07 Å². The highest BCUT2D eigenvalue weighted by atomic mass is 35.5. The van der Waals surface area contributed by atoms with Gasteiger partial charge in [-0.2, -0.15) is 13.2 Å². The van der Waals surface area contributed by atoms with Crippen LogP contribution in [0.15, 0.2) is 23.1 Å². The van der Waals surface area contributed by atoms with Crippen molar-refractivity contribution in [3.8, 4) is 0 Å². The lowest BCUT2D eigenvalue weighted by Gasteiger charge is -2.18. The van der Waals surface area contributed by atoms with E-state index in [-0.39, 0.29) is 5.88 Å². The number of rotatable bonds is 5. The molecule has 0 N–H and O–H groups in total. The standard InChI is InChI=1S/C11H12ClF4NO2S/c1-17(5-4-11(14,15)16)20(18,19)10-3-2-8(7-12)6-9(10)13/h2-3,6H,4-5,7H2,1H3. The summed E-state index contributed by atoms with van der Waals surface area (Å²) in [6, 6.07) is 3.24. The molecule has 9 heteroatoms. The Morgan fingerprint density at radius 1 is 1.30 bits per heavy atom. The molecule has 0 aliphatic heterocycles. The lowest BCUT2D eigenvalue weighted by molar-refractivity contribution is -0.135. The second kappa shape index (κ2) is 6.28. The third-order valence-corrected chi connectivity index (χ3v) is 4.75. The van der Waals surface area contributed by atoms with Gasteiger partial charge in [0, 0.05) is 19.5 Å². The third-order valence-electron chi connectivity index (χ3n) is 2.55. The first kappa shape index (κ1) is 17.2. The van der Waals surface area contributed by atoms with Crippen LogP contribution in [0.25, 0.3) is 0 Å². The van der Waals surface area contributed by atoms with Crippen LogP contribution in [0.4, 0.5) is 17.6 Å². The summed E-state index contributed by atoms with van der Waals surface area (Å²) in [6.07, 6.45) is -5.78. The van der Waals surface area contributed by atoms with Crippen molar-refractivity contribution in [3.05, 3.63) is 29.6 Å². The van der Waals surface area contributed by atoms with E-state index in [1.807, 2.05) is 0 Å². The molecule has 0 aliphatic rings. The minimum atomic E-state index is -4.48. The van der Waals surface area contributed by atoms with Crippen LogP contribution in [0.3, 0.4) is 0 Å². The molecule has 1 aromatic carbocycles. The number of benzene rings is 1. The Hall–Kier alpha value is -0.860. The van der Waals surface area contributed by atoms with Crippen molar-refractivity contribution in [1.82, 2.24) is 4.31 Å². The van der Waals surface area contributed by atoms with Gasteiger partial charge in [-0.05, 0) is 17.7 Å². The molecule has 1 rings (SSSR count). The normalized spacial score (nSPS) is 12.9. The molecule has 0 aliphatic carbocycles. The van der Waals surface area contributed by atoms with Gasteiger partial charge in [0.15, 0.2) is 0 Å². The molecule has 0 heterocycles. The highest BCUT2D eigenvalue weighted by Gasteiger charge is 2.31. The van der Waals surface area contributed by atoms with E-state index in [4.69, 9.17) is 11.6 Å². The number of halogens is 5. The van der Waals surface area contributed by atoms with Gasteiger partial charge in [0.2, 0.25) is 10.0 Å². The average Bonchev–Trinajstić information content (AvgIpc) is 2.34. The fourth-order valence-electron chi connectivity index (χ4n) is 1.41. The lowest BCUT2D eigenvalue weighted by atomic mass is 10.2. The predicted octanol–water partition coefficient (Wildman–Crippen LogP) is 3.14. The summed E-state index contributed by atoms with van der Waals surface area (Å²) < 4.78 is 74.3.